The van der Waals surface area contributed by atoms with Crippen LogP contribution < -0.4 is 9.05 Å². The summed E-state index contributed by atoms with van der Waals surface area (Å²) in [5, 5.41) is 18.3. The van der Waals surface area contributed by atoms with Crippen LogP contribution in [-0.2, 0) is 4.57 Å². The number of nitrogens with zero attached hydrogens (tertiary/aromatic N) is 3. The lowest BCUT2D eigenvalue weighted by molar-refractivity contribution is 0.326. The first kappa shape index (κ1) is 20.1. The van der Waals surface area contributed by atoms with Gasteiger partial charge < -0.3 is 9.05 Å². The van der Waals surface area contributed by atoms with Crippen molar-refractivity contribution >= 4 is 30.8 Å². The van der Waals surface area contributed by atoms with E-state index < -0.39 is 7.60 Å². The Hall–Kier alpha value is -2.21. The molecule has 0 heterocycles. The van der Waals surface area contributed by atoms with Crippen LogP contribution in [0.2, 0.25) is 10.0 Å². The molecule has 0 amide bonds. The predicted molar refractivity (Wildman–Crippen MR) is 99.4 cm³/mol. The van der Waals surface area contributed by atoms with Crippen LogP contribution in [0.4, 0.5) is 0 Å². The van der Waals surface area contributed by atoms with E-state index in [4.69, 9.17) is 42.8 Å². The molecule has 2 aromatic rings. The van der Waals surface area contributed by atoms with Gasteiger partial charge in [0.25, 0.3) is 0 Å². The highest BCUT2D eigenvalue weighted by atomic mass is 35.5. The Balaban J connectivity index is 2.35. The highest BCUT2D eigenvalue weighted by molar-refractivity contribution is 7.54. The van der Waals surface area contributed by atoms with Crippen molar-refractivity contribution in [1.82, 2.24) is 4.90 Å². The van der Waals surface area contributed by atoms with Gasteiger partial charge in [-0.3, -0.25) is 4.90 Å². The summed E-state index contributed by atoms with van der Waals surface area (Å²) >= 11 is 12.2. The minimum Gasteiger partial charge on any atom is -0.414 e. The maximum absolute atomic E-state index is 13.4. The van der Waals surface area contributed by atoms with Gasteiger partial charge in [-0.1, -0.05) is 47.5 Å². The molecule has 0 radical (unpaired) electrons. The van der Waals surface area contributed by atoms with Gasteiger partial charge in [0, 0.05) is 0 Å². The molecule has 0 saturated heterocycles. The maximum Gasteiger partial charge on any atom is 0.444 e. The first-order valence-corrected chi connectivity index (χ1v) is 9.89. The van der Waals surface area contributed by atoms with Crippen LogP contribution in [0.25, 0.3) is 0 Å². The molecule has 0 aliphatic carbocycles. The van der Waals surface area contributed by atoms with Crippen LogP contribution in [-0.4, -0.2) is 24.3 Å². The summed E-state index contributed by atoms with van der Waals surface area (Å²) in [5.74, 6) is 0.330. The lowest BCUT2D eigenvalue weighted by Gasteiger charge is -2.25. The van der Waals surface area contributed by atoms with Crippen molar-refractivity contribution < 1.29 is 13.6 Å². The molecular weight excluding hydrogens is 396 g/mol. The first-order valence-electron chi connectivity index (χ1n) is 7.41. The molecule has 26 heavy (non-hydrogen) atoms. The van der Waals surface area contributed by atoms with Gasteiger partial charge >= 0.3 is 7.60 Å². The number of nitriles is 2. The summed E-state index contributed by atoms with van der Waals surface area (Å²) in [6.07, 6.45) is -0.287. The van der Waals surface area contributed by atoms with Crippen molar-refractivity contribution in [3.8, 4) is 23.6 Å². The first-order chi connectivity index (χ1) is 12.5. The topological polar surface area (TPSA) is 86.4 Å². The van der Waals surface area contributed by atoms with Crippen molar-refractivity contribution in [2.24, 2.45) is 0 Å². The molecule has 6 nitrogen and oxygen atoms in total. The van der Waals surface area contributed by atoms with Crippen LogP contribution in [0.3, 0.4) is 0 Å². The highest BCUT2D eigenvalue weighted by Gasteiger charge is 2.32. The van der Waals surface area contributed by atoms with Crippen LogP contribution in [0.15, 0.2) is 48.5 Å². The largest absolute Gasteiger partial charge is 0.444 e. The summed E-state index contributed by atoms with van der Waals surface area (Å²) < 4.78 is 24.6. The fourth-order valence-corrected chi connectivity index (χ4v) is 4.23. The average molecular weight is 410 g/mol. The number of hydrogen-bond donors (Lipinski definition) is 0. The zero-order valence-electron chi connectivity index (χ0n) is 13.5. The van der Waals surface area contributed by atoms with Crippen LogP contribution in [0.5, 0.6) is 11.5 Å². The number of para-hydroxylation sites is 2. The fourth-order valence-electron chi connectivity index (χ4n) is 2.01. The summed E-state index contributed by atoms with van der Waals surface area (Å²) in [4.78, 5) is 1.36. The third-order valence-electron chi connectivity index (χ3n) is 3.11. The number of benzene rings is 2. The van der Waals surface area contributed by atoms with E-state index in [1.165, 1.54) is 4.90 Å². The Morgan fingerprint density at radius 3 is 1.69 bits per heavy atom. The van der Waals surface area contributed by atoms with Crippen molar-refractivity contribution in [1.29, 1.82) is 10.5 Å². The molecule has 2 aromatic carbocycles. The van der Waals surface area contributed by atoms with E-state index in [-0.39, 0.29) is 40.9 Å². The van der Waals surface area contributed by atoms with E-state index >= 15 is 0 Å². The van der Waals surface area contributed by atoms with Gasteiger partial charge in [-0.25, -0.2) is 4.57 Å². The minimum absolute atomic E-state index is 0.116. The van der Waals surface area contributed by atoms with Crippen molar-refractivity contribution in [2.45, 2.75) is 0 Å². The average Bonchev–Trinajstić information content (AvgIpc) is 2.59. The Bertz CT molecular complexity index is 828. The Kier molecular flexibility index (Phi) is 7.33. The van der Waals surface area contributed by atoms with Crippen LogP contribution >= 0.6 is 30.8 Å². The zero-order chi connectivity index (χ0) is 19.0. The lowest BCUT2D eigenvalue weighted by Crippen LogP contribution is -2.28. The third kappa shape index (κ3) is 5.66. The summed E-state index contributed by atoms with van der Waals surface area (Å²) in [7, 11) is -3.88. The summed E-state index contributed by atoms with van der Waals surface area (Å²) in [6.45, 7) is -0.232. The molecule has 0 aromatic heterocycles. The van der Waals surface area contributed by atoms with Gasteiger partial charge in [0.1, 0.15) is 17.8 Å². The minimum atomic E-state index is -3.88. The Morgan fingerprint density at radius 2 is 1.31 bits per heavy atom. The lowest BCUT2D eigenvalue weighted by atomic mass is 10.3. The predicted octanol–water partition coefficient (Wildman–Crippen LogP) is 4.95. The smallest absolute Gasteiger partial charge is 0.414 e. The van der Waals surface area contributed by atoms with E-state index in [2.05, 4.69) is 0 Å². The molecule has 0 aliphatic rings. The van der Waals surface area contributed by atoms with Gasteiger partial charge in [-0.2, -0.15) is 10.5 Å². The van der Waals surface area contributed by atoms with Gasteiger partial charge in [0.2, 0.25) is 0 Å². The zero-order valence-corrected chi connectivity index (χ0v) is 15.9. The molecule has 0 N–H and O–H groups in total. The second-order valence-corrected chi connectivity index (χ2v) is 7.78. The molecule has 0 aliphatic heterocycles. The highest BCUT2D eigenvalue weighted by Crippen LogP contribution is 2.51. The second-order valence-electron chi connectivity index (χ2n) is 5.10. The molecule has 2 rings (SSSR count). The Morgan fingerprint density at radius 1 is 0.885 bits per heavy atom. The SMILES string of the molecule is N#CCN(CC#N)CP(=O)(Oc1ccccc1Cl)Oc1ccccc1Cl. The van der Waals surface area contributed by atoms with E-state index in [0.29, 0.717) is 0 Å². The molecule has 9 heteroatoms. The van der Waals surface area contributed by atoms with Gasteiger partial charge in [0.15, 0.2) is 0 Å². The summed E-state index contributed by atoms with van der Waals surface area (Å²) in [6, 6.07) is 16.8. The molecule has 0 saturated carbocycles. The van der Waals surface area contributed by atoms with Crippen LogP contribution in [0.1, 0.15) is 0 Å². The van der Waals surface area contributed by atoms with E-state index in [0.717, 1.165) is 0 Å². The Labute approximate surface area is 161 Å². The number of rotatable bonds is 8. The van der Waals surface area contributed by atoms with E-state index in [1.807, 2.05) is 12.1 Å². The normalized spacial score (nSPS) is 10.8. The fraction of sp³-hybridized carbons (Fsp3) is 0.176. The molecule has 0 spiro atoms. The molecule has 0 bridgehead atoms. The molecule has 134 valence electrons. The summed E-state index contributed by atoms with van der Waals surface area (Å²) in [5.41, 5.74) is 0. The maximum atomic E-state index is 13.4. The molecule has 0 fully saturated rings. The van der Waals surface area contributed by atoms with Gasteiger partial charge in [0.05, 0.1) is 35.3 Å². The third-order valence-corrected chi connectivity index (χ3v) is 5.43. The standard InChI is InChI=1S/C17H14Cl2N3O3P/c18-14-5-1-3-7-16(14)24-26(23,13-22(11-9-20)12-10-21)25-17-8-4-2-6-15(17)19/h1-8H,11-13H2. The van der Waals surface area contributed by atoms with E-state index in [1.54, 1.807) is 48.5 Å². The molecular formula is C17H14Cl2N3O3P. The number of halogens is 2. The van der Waals surface area contributed by atoms with Crippen molar-refractivity contribution in [3.63, 3.8) is 0 Å². The number of hydrogen-bond acceptors (Lipinski definition) is 6. The van der Waals surface area contributed by atoms with Crippen molar-refractivity contribution in [3.05, 3.63) is 58.6 Å². The monoisotopic (exact) mass is 409 g/mol. The second kappa shape index (κ2) is 9.48. The van der Waals surface area contributed by atoms with Crippen molar-refractivity contribution in [2.75, 3.05) is 19.4 Å². The van der Waals surface area contributed by atoms with Gasteiger partial charge in [-0.15, -0.1) is 0 Å². The van der Waals surface area contributed by atoms with Crippen LogP contribution in [0, 0.1) is 22.7 Å². The molecule has 0 unspecified atom stereocenters. The van der Waals surface area contributed by atoms with Gasteiger partial charge in [-0.05, 0) is 24.3 Å². The molecule has 0 atom stereocenters. The quantitative estimate of drug-likeness (QED) is 0.452. The van der Waals surface area contributed by atoms with E-state index in [9.17, 15) is 4.57 Å².